The number of carboxylic acids is 1. The van der Waals surface area contributed by atoms with Gasteiger partial charge in [-0.15, -0.1) is 0 Å². The minimum Gasteiger partial charge on any atom is -0.481 e. The predicted molar refractivity (Wildman–Crippen MR) is 63.5 cm³/mol. The molecule has 0 aliphatic heterocycles. The minimum atomic E-state index is -0.781. The predicted octanol–water partition coefficient (Wildman–Crippen LogP) is 2.01. The first-order valence-electron chi connectivity index (χ1n) is 5.47. The Bertz CT molecular complexity index is 426. The Balaban J connectivity index is 2.48. The van der Waals surface area contributed by atoms with Crippen LogP contribution in [0.25, 0.3) is 0 Å². The highest BCUT2D eigenvalue weighted by molar-refractivity contribution is 5.66. The monoisotopic (exact) mass is 233 g/mol. The number of aliphatic carboxylic acids is 1. The van der Waals surface area contributed by atoms with Gasteiger partial charge in [0, 0.05) is 18.7 Å². The van der Waals surface area contributed by atoms with Crippen LogP contribution < -0.4 is 5.32 Å². The molecule has 0 spiro atoms. The fourth-order valence-electron chi connectivity index (χ4n) is 1.51. The Morgan fingerprint density at radius 3 is 3.12 bits per heavy atom. The first-order chi connectivity index (χ1) is 8.13. The fraction of sp³-hybridized carbons (Fsp3) is 0.417. The average molecular weight is 233 g/mol. The molecular weight excluding hydrogens is 218 g/mol. The number of nitrogens with zero attached hydrogens (tertiary/aromatic N) is 2. The molecule has 0 amide bonds. The lowest BCUT2D eigenvalue weighted by atomic mass is 10.1. The van der Waals surface area contributed by atoms with E-state index in [4.69, 9.17) is 10.4 Å². The lowest BCUT2D eigenvalue weighted by Gasteiger charge is -2.15. The SMILES string of the molecule is CC(CCCC(=O)O)Nc1cccnc1C#N. The first-order valence-corrected chi connectivity index (χ1v) is 5.47. The molecule has 1 unspecified atom stereocenters. The molecule has 17 heavy (non-hydrogen) atoms. The number of carboxylic acid groups (broad SMARTS) is 1. The van der Waals surface area contributed by atoms with Crippen molar-refractivity contribution in [2.75, 3.05) is 5.32 Å². The molecule has 0 radical (unpaired) electrons. The molecule has 1 aromatic rings. The molecule has 1 rings (SSSR count). The van der Waals surface area contributed by atoms with Crippen LogP contribution in [0.5, 0.6) is 0 Å². The van der Waals surface area contributed by atoms with Gasteiger partial charge >= 0.3 is 5.97 Å². The molecule has 0 bridgehead atoms. The molecule has 2 N–H and O–H groups in total. The molecule has 90 valence electrons. The second-order valence-electron chi connectivity index (χ2n) is 3.84. The molecule has 5 nitrogen and oxygen atoms in total. The summed E-state index contributed by atoms with van der Waals surface area (Å²) in [4.78, 5) is 14.3. The molecule has 0 saturated heterocycles. The average Bonchev–Trinajstić information content (AvgIpc) is 2.29. The normalized spacial score (nSPS) is 11.5. The van der Waals surface area contributed by atoms with E-state index in [1.165, 1.54) is 0 Å². The highest BCUT2D eigenvalue weighted by Crippen LogP contribution is 2.14. The van der Waals surface area contributed by atoms with Crippen LogP contribution in [0.1, 0.15) is 31.9 Å². The van der Waals surface area contributed by atoms with Crippen LogP contribution in [0.15, 0.2) is 18.3 Å². The Morgan fingerprint density at radius 1 is 1.71 bits per heavy atom. The van der Waals surface area contributed by atoms with Crippen molar-refractivity contribution in [1.82, 2.24) is 4.98 Å². The molecule has 0 aliphatic carbocycles. The Hall–Kier alpha value is -2.09. The summed E-state index contributed by atoms with van der Waals surface area (Å²) >= 11 is 0. The van der Waals surface area contributed by atoms with Crippen molar-refractivity contribution in [3.63, 3.8) is 0 Å². The zero-order chi connectivity index (χ0) is 12.7. The molecule has 0 fully saturated rings. The number of aromatic nitrogens is 1. The van der Waals surface area contributed by atoms with Crippen LogP contribution in [-0.4, -0.2) is 22.1 Å². The molecule has 0 aliphatic rings. The van der Waals surface area contributed by atoms with Crippen LogP contribution in [0.2, 0.25) is 0 Å². The Kier molecular flexibility index (Phi) is 4.95. The van der Waals surface area contributed by atoms with E-state index in [9.17, 15) is 4.79 Å². The van der Waals surface area contributed by atoms with Crippen LogP contribution >= 0.6 is 0 Å². The third-order valence-corrected chi connectivity index (χ3v) is 2.34. The summed E-state index contributed by atoms with van der Waals surface area (Å²) in [7, 11) is 0. The second kappa shape index (κ2) is 6.48. The van der Waals surface area contributed by atoms with Gasteiger partial charge in [-0.25, -0.2) is 4.98 Å². The van der Waals surface area contributed by atoms with Crippen molar-refractivity contribution in [3.8, 4) is 6.07 Å². The second-order valence-corrected chi connectivity index (χ2v) is 3.84. The van der Waals surface area contributed by atoms with E-state index in [0.29, 0.717) is 17.8 Å². The molecule has 1 heterocycles. The van der Waals surface area contributed by atoms with E-state index < -0.39 is 5.97 Å². The number of anilines is 1. The van der Waals surface area contributed by atoms with Crippen molar-refractivity contribution in [1.29, 1.82) is 5.26 Å². The van der Waals surface area contributed by atoms with Crippen LogP contribution in [-0.2, 0) is 4.79 Å². The van der Waals surface area contributed by atoms with Crippen molar-refractivity contribution in [2.24, 2.45) is 0 Å². The van der Waals surface area contributed by atoms with E-state index in [1.54, 1.807) is 18.3 Å². The van der Waals surface area contributed by atoms with Gasteiger partial charge in [0.15, 0.2) is 5.69 Å². The molecule has 1 aromatic heterocycles. The molecule has 0 aromatic carbocycles. The quantitative estimate of drug-likeness (QED) is 0.784. The maximum atomic E-state index is 10.4. The zero-order valence-electron chi connectivity index (χ0n) is 9.68. The van der Waals surface area contributed by atoms with Gasteiger partial charge < -0.3 is 10.4 Å². The van der Waals surface area contributed by atoms with Crippen LogP contribution in [0, 0.1) is 11.3 Å². The molecule has 1 atom stereocenters. The van der Waals surface area contributed by atoms with Gasteiger partial charge in [0.25, 0.3) is 0 Å². The van der Waals surface area contributed by atoms with Gasteiger partial charge in [-0.2, -0.15) is 5.26 Å². The van der Waals surface area contributed by atoms with Crippen molar-refractivity contribution < 1.29 is 9.90 Å². The summed E-state index contributed by atoms with van der Waals surface area (Å²) in [6, 6.07) is 5.67. The molecule has 5 heteroatoms. The number of nitrogens with one attached hydrogen (secondary N) is 1. The largest absolute Gasteiger partial charge is 0.481 e. The fourth-order valence-corrected chi connectivity index (χ4v) is 1.51. The van der Waals surface area contributed by atoms with E-state index in [2.05, 4.69) is 10.3 Å². The van der Waals surface area contributed by atoms with E-state index >= 15 is 0 Å². The number of hydrogen-bond donors (Lipinski definition) is 2. The van der Waals surface area contributed by atoms with Crippen molar-refractivity contribution in [2.45, 2.75) is 32.2 Å². The van der Waals surface area contributed by atoms with Gasteiger partial charge in [-0.05, 0) is 31.9 Å². The Labute approximate surface area is 100 Å². The van der Waals surface area contributed by atoms with Gasteiger partial charge in [0.05, 0.1) is 5.69 Å². The summed E-state index contributed by atoms with van der Waals surface area (Å²) in [5.74, 6) is -0.781. The number of nitriles is 1. The third kappa shape index (κ3) is 4.51. The zero-order valence-corrected chi connectivity index (χ0v) is 9.68. The standard InChI is InChI=1S/C12H15N3O2/c1-9(4-2-6-12(16)17)15-10-5-3-7-14-11(10)8-13/h3,5,7,9,15H,2,4,6H2,1H3,(H,16,17). The number of rotatable bonds is 6. The van der Waals surface area contributed by atoms with Crippen molar-refractivity contribution in [3.05, 3.63) is 24.0 Å². The van der Waals surface area contributed by atoms with Crippen molar-refractivity contribution >= 4 is 11.7 Å². The Morgan fingerprint density at radius 2 is 2.47 bits per heavy atom. The summed E-state index contributed by atoms with van der Waals surface area (Å²) in [5, 5.41) is 20.5. The minimum absolute atomic E-state index is 0.116. The smallest absolute Gasteiger partial charge is 0.303 e. The van der Waals surface area contributed by atoms with Crippen LogP contribution in [0.3, 0.4) is 0 Å². The summed E-state index contributed by atoms with van der Waals surface area (Å²) in [6.45, 7) is 1.95. The topological polar surface area (TPSA) is 86.0 Å². The van der Waals surface area contributed by atoms with Gasteiger partial charge in [-0.1, -0.05) is 0 Å². The highest BCUT2D eigenvalue weighted by Gasteiger charge is 2.07. The van der Waals surface area contributed by atoms with E-state index in [1.807, 2.05) is 13.0 Å². The number of hydrogen-bond acceptors (Lipinski definition) is 4. The number of carbonyl (C=O) groups is 1. The van der Waals surface area contributed by atoms with Gasteiger partial charge in [0.1, 0.15) is 6.07 Å². The van der Waals surface area contributed by atoms with Crippen LogP contribution in [0.4, 0.5) is 5.69 Å². The summed E-state index contributed by atoms with van der Waals surface area (Å²) in [6.07, 6.45) is 3.10. The van der Waals surface area contributed by atoms with E-state index in [0.717, 1.165) is 6.42 Å². The van der Waals surface area contributed by atoms with Gasteiger partial charge in [-0.3, -0.25) is 4.79 Å². The third-order valence-electron chi connectivity index (χ3n) is 2.34. The molecular formula is C12H15N3O2. The lowest BCUT2D eigenvalue weighted by molar-refractivity contribution is -0.137. The highest BCUT2D eigenvalue weighted by atomic mass is 16.4. The van der Waals surface area contributed by atoms with Gasteiger partial charge in [0.2, 0.25) is 0 Å². The number of pyridine rings is 1. The maximum absolute atomic E-state index is 10.4. The summed E-state index contributed by atoms with van der Waals surface area (Å²) in [5.41, 5.74) is 1.05. The molecule has 0 saturated carbocycles. The first kappa shape index (κ1) is 13.0. The lowest BCUT2D eigenvalue weighted by Crippen LogP contribution is -2.16. The summed E-state index contributed by atoms with van der Waals surface area (Å²) < 4.78 is 0. The maximum Gasteiger partial charge on any atom is 0.303 e. The van der Waals surface area contributed by atoms with E-state index in [-0.39, 0.29) is 12.5 Å².